The Morgan fingerprint density at radius 1 is 1.06 bits per heavy atom. The maximum absolute atomic E-state index is 11.5. The molecular formula is C14H14N2O. The quantitative estimate of drug-likeness (QED) is 0.772. The third-order valence-electron chi connectivity index (χ3n) is 2.60. The molecule has 0 bridgehead atoms. The van der Waals surface area contributed by atoms with Crippen LogP contribution in [0, 0.1) is 0 Å². The minimum atomic E-state index is -0.0812. The number of hydrogen-bond donors (Lipinski definition) is 2. The number of nitrogen functional groups attached to an aromatic ring is 1. The molecule has 0 saturated heterocycles. The van der Waals surface area contributed by atoms with Crippen molar-refractivity contribution in [2.24, 2.45) is 0 Å². The number of benzene rings is 2. The van der Waals surface area contributed by atoms with E-state index < -0.39 is 0 Å². The summed E-state index contributed by atoms with van der Waals surface area (Å²) in [6.07, 6.45) is 0. The van der Waals surface area contributed by atoms with Crippen molar-refractivity contribution in [3.8, 4) is 11.1 Å². The molecule has 17 heavy (non-hydrogen) atoms. The van der Waals surface area contributed by atoms with E-state index in [9.17, 15) is 4.79 Å². The first-order valence-corrected chi connectivity index (χ1v) is 5.39. The van der Waals surface area contributed by atoms with Crippen LogP contribution in [0.25, 0.3) is 11.1 Å². The summed E-state index contributed by atoms with van der Waals surface area (Å²) < 4.78 is 0. The Bertz CT molecular complexity index is 532. The monoisotopic (exact) mass is 226 g/mol. The molecule has 0 unspecified atom stereocenters. The van der Waals surface area contributed by atoms with Crippen molar-refractivity contribution in [3.63, 3.8) is 0 Å². The summed E-state index contributed by atoms with van der Waals surface area (Å²) in [5.41, 5.74) is 9.08. The average molecular weight is 226 g/mol. The first-order valence-electron chi connectivity index (χ1n) is 5.39. The molecule has 0 aliphatic rings. The first-order chi connectivity index (χ1) is 8.20. The van der Waals surface area contributed by atoms with Gasteiger partial charge in [0, 0.05) is 18.3 Å². The zero-order chi connectivity index (χ0) is 12.3. The Morgan fingerprint density at radius 3 is 2.41 bits per heavy atom. The number of carbonyl (C=O) groups is 1. The topological polar surface area (TPSA) is 55.1 Å². The number of anilines is 1. The highest BCUT2D eigenvalue weighted by Gasteiger charge is 2.04. The van der Waals surface area contributed by atoms with Gasteiger partial charge in [-0.05, 0) is 35.4 Å². The Hall–Kier alpha value is -2.29. The third-order valence-corrected chi connectivity index (χ3v) is 2.60. The summed E-state index contributed by atoms with van der Waals surface area (Å²) in [4.78, 5) is 11.5. The lowest BCUT2D eigenvalue weighted by atomic mass is 10.0. The van der Waals surface area contributed by atoms with Crippen LogP contribution in [0.4, 0.5) is 5.69 Å². The van der Waals surface area contributed by atoms with Gasteiger partial charge in [0.25, 0.3) is 5.91 Å². The minimum Gasteiger partial charge on any atom is -0.399 e. The van der Waals surface area contributed by atoms with E-state index in [1.54, 1.807) is 13.1 Å². The SMILES string of the molecule is CNC(=O)c1cccc(-c2ccc(N)cc2)c1. The first kappa shape index (κ1) is 11.2. The molecule has 0 aliphatic heterocycles. The third kappa shape index (κ3) is 2.45. The van der Waals surface area contributed by atoms with E-state index in [1.165, 1.54) is 0 Å². The highest BCUT2D eigenvalue weighted by Crippen LogP contribution is 2.21. The molecule has 0 aromatic heterocycles. The molecule has 86 valence electrons. The molecular weight excluding hydrogens is 212 g/mol. The fourth-order valence-corrected chi connectivity index (χ4v) is 1.66. The van der Waals surface area contributed by atoms with Crippen LogP contribution in [0.15, 0.2) is 48.5 Å². The van der Waals surface area contributed by atoms with E-state index in [-0.39, 0.29) is 5.91 Å². The van der Waals surface area contributed by atoms with Crippen LogP contribution in [-0.4, -0.2) is 13.0 Å². The standard InChI is InChI=1S/C14H14N2O/c1-16-14(17)12-4-2-3-11(9-12)10-5-7-13(15)8-6-10/h2-9H,15H2,1H3,(H,16,17). The molecule has 0 atom stereocenters. The molecule has 0 heterocycles. The van der Waals surface area contributed by atoms with Crippen molar-refractivity contribution in [2.75, 3.05) is 12.8 Å². The van der Waals surface area contributed by atoms with Crippen molar-refractivity contribution >= 4 is 11.6 Å². The van der Waals surface area contributed by atoms with Crippen molar-refractivity contribution in [1.29, 1.82) is 0 Å². The fourth-order valence-electron chi connectivity index (χ4n) is 1.66. The van der Waals surface area contributed by atoms with Crippen molar-refractivity contribution < 1.29 is 4.79 Å². The second-order valence-corrected chi connectivity index (χ2v) is 3.78. The second kappa shape index (κ2) is 4.70. The smallest absolute Gasteiger partial charge is 0.251 e. The molecule has 3 N–H and O–H groups in total. The van der Waals surface area contributed by atoms with Gasteiger partial charge in [0.05, 0.1) is 0 Å². The molecule has 3 nitrogen and oxygen atoms in total. The molecule has 2 rings (SSSR count). The van der Waals surface area contributed by atoms with Crippen LogP contribution in [0.3, 0.4) is 0 Å². The Labute approximate surface area is 100 Å². The van der Waals surface area contributed by atoms with Crippen LogP contribution in [0.5, 0.6) is 0 Å². The van der Waals surface area contributed by atoms with Crippen LogP contribution in [-0.2, 0) is 0 Å². The van der Waals surface area contributed by atoms with E-state index in [1.807, 2.05) is 42.5 Å². The number of amides is 1. The highest BCUT2D eigenvalue weighted by atomic mass is 16.1. The molecule has 2 aromatic carbocycles. The zero-order valence-corrected chi connectivity index (χ0v) is 9.60. The van der Waals surface area contributed by atoms with Gasteiger partial charge >= 0.3 is 0 Å². The number of hydrogen-bond acceptors (Lipinski definition) is 2. The van der Waals surface area contributed by atoms with E-state index >= 15 is 0 Å². The summed E-state index contributed by atoms with van der Waals surface area (Å²) in [5, 5.41) is 2.61. The lowest BCUT2D eigenvalue weighted by Crippen LogP contribution is -2.17. The van der Waals surface area contributed by atoms with Gasteiger partial charge in [0.15, 0.2) is 0 Å². The van der Waals surface area contributed by atoms with Gasteiger partial charge < -0.3 is 11.1 Å². The van der Waals surface area contributed by atoms with E-state index in [0.29, 0.717) is 5.56 Å². The Morgan fingerprint density at radius 2 is 1.76 bits per heavy atom. The van der Waals surface area contributed by atoms with Crippen LogP contribution >= 0.6 is 0 Å². The van der Waals surface area contributed by atoms with Gasteiger partial charge in [-0.1, -0.05) is 24.3 Å². The molecule has 0 fully saturated rings. The average Bonchev–Trinajstić information content (AvgIpc) is 2.39. The van der Waals surface area contributed by atoms with Crippen molar-refractivity contribution in [3.05, 3.63) is 54.1 Å². The van der Waals surface area contributed by atoms with Crippen LogP contribution in [0.2, 0.25) is 0 Å². The minimum absolute atomic E-state index is 0.0812. The highest BCUT2D eigenvalue weighted by molar-refractivity contribution is 5.95. The van der Waals surface area contributed by atoms with Gasteiger partial charge in [0.1, 0.15) is 0 Å². The maximum atomic E-state index is 11.5. The van der Waals surface area contributed by atoms with E-state index in [0.717, 1.165) is 16.8 Å². The fraction of sp³-hybridized carbons (Fsp3) is 0.0714. The molecule has 0 radical (unpaired) electrons. The summed E-state index contributed by atoms with van der Waals surface area (Å²) in [6.45, 7) is 0. The Balaban J connectivity index is 2.39. The molecule has 1 amide bonds. The van der Waals surface area contributed by atoms with Gasteiger partial charge in [-0.15, -0.1) is 0 Å². The molecule has 0 saturated carbocycles. The predicted octanol–water partition coefficient (Wildman–Crippen LogP) is 2.30. The summed E-state index contributed by atoms with van der Waals surface area (Å²) in [7, 11) is 1.62. The van der Waals surface area contributed by atoms with Gasteiger partial charge in [-0.2, -0.15) is 0 Å². The lowest BCUT2D eigenvalue weighted by molar-refractivity contribution is 0.0963. The number of nitrogens with two attached hydrogens (primary N) is 1. The molecule has 0 aliphatic carbocycles. The van der Waals surface area contributed by atoms with E-state index in [2.05, 4.69) is 5.32 Å². The summed E-state index contributed by atoms with van der Waals surface area (Å²) >= 11 is 0. The van der Waals surface area contributed by atoms with E-state index in [4.69, 9.17) is 5.73 Å². The number of rotatable bonds is 2. The number of nitrogens with one attached hydrogen (secondary N) is 1. The Kier molecular flexibility index (Phi) is 3.10. The summed E-state index contributed by atoms with van der Waals surface area (Å²) in [5.74, 6) is -0.0812. The predicted molar refractivity (Wildman–Crippen MR) is 69.7 cm³/mol. The number of carbonyl (C=O) groups excluding carboxylic acids is 1. The maximum Gasteiger partial charge on any atom is 0.251 e. The van der Waals surface area contributed by atoms with Crippen LogP contribution < -0.4 is 11.1 Å². The molecule has 3 heteroatoms. The largest absolute Gasteiger partial charge is 0.399 e. The van der Waals surface area contributed by atoms with Crippen molar-refractivity contribution in [2.45, 2.75) is 0 Å². The second-order valence-electron chi connectivity index (χ2n) is 3.78. The lowest BCUT2D eigenvalue weighted by Gasteiger charge is -2.05. The van der Waals surface area contributed by atoms with Gasteiger partial charge in [-0.25, -0.2) is 0 Å². The molecule has 0 spiro atoms. The van der Waals surface area contributed by atoms with Crippen molar-refractivity contribution in [1.82, 2.24) is 5.32 Å². The normalized spacial score (nSPS) is 9.94. The van der Waals surface area contributed by atoms with Gasteiger partial charge in [0.2, 0.25) is 0 Å². The van der Waals surface area contributed by atoms with Crippen LogP contribution in [0.1, 0.15) is 10.4 Å². The molecule has 2 aromatic rings. The zero-order valence-electron chi connectivity index (χ0n) is 9.60. The van der Waals surface area contributed by atoms with Gasteiger partial charge in [-0.3, -0.25) is 4.79 Å². The summed E-state index contributed by atoms with van der Waals surface area (Å²) in [6, 6.07) is 15.1.